The monoisotopic (exact) mass is 290 g/mol. The van der Waals surface area contributed by atoms with Crippen molar-refractivity contribution >= 4 is 15.9 Å². The minimum atomic E-state index is 0.686. The Morgan fingerprint density at radius 1 is 0.882 bits per heavy atom. The van der Waals surface area contributed by atoms with Crippen molar-refractivity contribution in [1.82, 2.24) is 0 Å². The van der Waals surface area contributed by atoms with Crippen molar-refractivity contribution in [1.29, 1.82) is 0 Å². The summed E-state index contributed by atoms with van der Waals surface area (Å²) in [7, 11) is 0. The van der Waals surface area contributed by atoms with Gasteiger partial charge in [0.25, 0.3) is 0 Å². The number of hydrogen-bond donors (Lipinski definition) is 0. The van der Waals surface area contributed by atoms with Crippen molar-refractivity contribution < 1.29 is 4.74 Å². The van der Waals surface area contributed by atoms with E-state index in [9.17, 15) is 0 Å². The second kappa shape index (κ2) is 6.58. The molecular weight excluding hydrogens is 276 g/mol. The molecule has 1 nitrogen and oxygen atoms in total. The van der Waals surface area contributed by atoms with E-state index in [0.717, 1.165) is 17.5 Å². The van der Waals surface area contributed by atoms with Crippen molar-refractivity contribution in [3.05, 3.63) is 70.2 Å². The summed E-state index contributed by atoms with van der Waals surface area (Å²) in [6, 6.07) is 18.5. The zero-order valence-electron chi connectivity index (χ0n) is 9.60. The Hall–Kier alpha value is -1.12. The smallest absolute Gasteiger partial charge is 0.0717 e. The van der Waals surface area contributed by atoms with Gasteiger partial charge in [0.15, 0.2) is 0 Å². The van der Waals surface area contributed by atoms with Gasteiger partial charge in [-0.2, -0.15) is 0 Å². The lowest BCUT2D eigenvalue weighted by Crippen LogP contribution is -1.99. The number of halogens is 1. The molecule has 2 aromatic carbocycles. The van der Waals surface area contributed by atoms with Gasteiger partial charge in [0.1, 0.15) is 0 Å². The first-order valence-corrected chi connectivity index (χ1v) is 6.50. The van der Waals surface area contributed by atoms with Crippen LogP contribution in [0.1, 0.15) is 11.1 Å². The Morgan fingerprint density at radius 2 is 1.59 bits per heavy atom. The van der Waals surface area contributed by atoms with Crippen LogP contribution in [-0.4, -0.2) is 6.61 Å². The van der Waals surface area contributed by atoms with Crippen molar-refractivity contribution in [3.63, 3.8) is 0 Å². The minimum Gasteiger partial charge on any atom is -0.376 e. The van der Waals surface area contributed by atoms with Gasteiger partial charge in [-0.15, -0.1) is 0 Å². The molecule has 0 saturated heterocycles. The molecule has 2 rings (SSSR count). The van der Waals surface area contributed by atoms with Crippen molar-refractivity contribution in [3.8, 4) is 0 Å². The molecule has 0 atom stereocenters. The normalized spacial score (nSPS) is 10.4. The summed E-state index contributed by atoms with van der Waals surface area (Å²) >= 11 is 3.54. The van der Waals surface area contributed by atoms with E-state index in [1.54, 1.807) is 0 Å². The highest BCUT2D eigenvalue weighted by Gasteiger charge is 1.98. The van der Waals surface area contributed by atoms with Gasteiger partial charge in [0.2, 0.25) is 0 Å². The van der Waals surface area contributed by atoms with Crippen LogP contribution >= 0.6 is 15.9 Å². The molecular formula is C15H15BrO. The van der Waals surface area contributed by atoms with Crippen molar-refractivity contribution in [2.75, 3.05) is 6.61 Å². The van der Waals surface area contributed by atoms with Gasteiger partial charge in [-0.05, 0) is 23.6 Å². The minimum absolute atomic E-state index is 0.686. The van der Waals surface area contributed by atoms with E-state index < -0.39 is 0 Å². The summed E-state index contributed by atoms with van der Waals surface area (Å²) in [4.78, 5) is 0. The molecule has 0 N–H and O–H groups in total. The molecule has 0 aromatic heterocycles. The topological polar surface area (TPSA) is 9.23 Å². The van der Waals surface area contributed by atoms with Crippen LogP contribution in [0.2, 0.25) is 0 Å². The van der Waals surface area contributed by atoms with Gasteiger partial charge in [0.05, 0.1) is 13.2 Å². The molecule has 0 amide bonds. The standard InChI is InChI=1S/C15H15BrO/c16-15-9-5-4-8-14(15)10-11-17-12-13-6-2-1-3-7-13/h1-9H,10-12H2. The molecule has 0 saturated carbocycles. The molecule has 2 heteroatoms. The van der Waals surface area contributed by atoms with Gasteiger partial charge in [-0.1, -0.05) is 64.5 Å². The molecule has 2 aromatic rings. The molecule has 0 heterocycles. The second-order valence-electron chi connectivity index (χ2n) is 3.88. The average Bonchev–Trinajstić information content (AvgIpc) is 2.38. The molecule has 0 spiro atoms. The maximum absolute atomic E-state index is 5.66. The SMILES string of the molecule is Brc1ccccc1CCOCc1ccccc1. The summed E-state index contributed by atoms with van der Waals surface area (Å²) in [6.07, 6.45) is 0.939. The lowest BCUT2D eigenvalue weighted by Gasteiger charge is -2.06. The quantitative estimate of drug-likeness (QED) is 0.750. The van der Waals surface area contributed by atoms with Gasteiger partial charge in [-0.25, -0.2) is 0 Å². The first kappa shape index (κ1) is 12.3. The predicted molar refractivity (Wildman–Crippen MR) is 73.9 cm³/mol. The Balaban J connectivity index is 1.76. The Morgan fingerprint density at radius 3 is 2.35 bits per heavy atom. The molecule has 0 unspecified atom stereocenters. The lowest BCUT2D eigenvalue weighted by atomic mass is 10.2. The number of benzene rings is 2. The molecule has 0 bridgehead atoms. The van der Waals surface area contributed by atoms with E-state index >= 15 is 0 Å². The third-order valence-electron chi connectivity index (χ3n) is 2.59. The third kappa shape index (κ3) is 3.99. The van der Waals surface area contributed by atoms with Gasteiger partial charge >= 0.3 is 0 Å². The van der Waals surface area contributed by atoms with Gasteiger partial charge in [-0.3, -0.25) is 0 Å². The third-order valence-corrected chi connectivity index (χ3v) is 3.36. The van der Waals surface area contributed by atoms with Gasteiger partial charge in [0, 0.05) is 4.47 Å². The molecule has 88 valence electrons. The largest absolute Gasteiger partial charge is 0.376 e. The first-order valence-electron chi connectivity index (χ1n) is 5.71. The fourth-order valence-electron chi connectivity index (χ4n) is 1.65. The Labute approximate surface area is 111 Å². The molecule has 0 radical (unpaired) electrons. The van der Waals surface area contributed by atoms with Crippen LogP contribution in [0.15, 0.2) is 59.1 Å². The highest BCUT2D eigenvalue weighted by molar-refractivity contribution is 9.10. The van der Waals surface area contributed by atoms with Crippen LogP contribution in [0.3, 0.4) is 0 Å². The number of hydrogen-bond acceptors (Lipinski definition) is 1. The van der Waals surface area contributed by atoms with E-state index in [0.29, 0.717) is 6.61 Å². The summed E-state index contributed by atoms with van der Waals surface area (Å²) in [5.41, 5.74) is 2.51. The van der Waals surface area contributed by atoms with Gasteiger partial charge < -0.3 is 4.74 Å². The highest BCUT2D eigenvalue weighted by atomic mass is 79.9. The fraction of sp³-hybridized carbons (Fsp3) is 0.200. The molecule has 17 heavy (non-hydrogen) atoms. The van der Waals surface area contributed by atoms with Crippen LogP contribution in [0, 0.1) is 0 Å². The average molecular weight is 291 g/mol. The summed E-state index contributed by atoms with van der Waals surface area (Å²) in [5.74, 6) is 0. The van der Waals surface area contributed by atoms with Crippen LogP contribution in [0.4, 0.5) is 0 Å². The summed E-state index contributed by atoms with van der Waals surface area (Å²) in [6.45, 7) is 1.43. The molecule has 0 aliphatic carbocycles. The first-order chi connectivity index (χ1) is 8.36. The van der Waals surface area contributed by atoms with E-state index in [1.165, 1.54) is 11.1 Å². The van der Waals surface area contributed by atoms with Crippen LogP contribution in [0.25, 0.3) is 0 Å². The van der Waals surface area contributed by atoms with Crippen molar-refractivity contribution in [2.24, 2.45) is 0 Å². The van der Waals surface area contributed by atoms with Crippen LogP contribution in [0.5, 0.6) is 0 Å². The van der Waals surface area contributed by atoms with Crippen molar-refractivity contribution in [2.45, 2.75) is 13.0 Å². The molecule has 0 aliphatic rings. The summed E-state index contributed by atoms with van der Waals surface area (Å²) < 4.78 is 6.81. The molecule has 0 aliphatic heterocycles. The Bertz CT molecular complexity index is 453. The fourth-order valence-corrected chi connectivity index (χ4v) is 2.13. The Kier molecular flexibility index (Phi) is 4.77. The van der Waals surface area contributed by atoms with Crippen LogP contribution < -0.4 is 0 Å². The summed E-state index contributed by atoms with van der Waals surface area (Å²) in [5, 5.41) is 0. The lowest BCUT2D eigenvalue weighted by molar-refractivity contribution is 0.124. The van der Waals surface area contributed by atoms with E-state index in [2.05, 4.69) is 46.3 Å². The zero-order chi connectivity index (χ0) is 11.9. The maximum atomic E-state index is 5.66. The number of rotatable bonds is 5. The van der Waals surface area contributed by atoms with E-state index in [1.807, 2.05) is 24.3 Å². The highest BCUT2D eigenvalue weighted by Crippen LogP contribution is 2.16. The predicted octanol–water partition coefficient (Wildman–Crippen LogP) is 4.21. The van der Waals surface area contributed by atoms with Crippen LogP contribution in [-0.2, 0) is 17.8 Å². The van der Waals surface area contributed by atoms with E-state index in [4.69, 9.17) is 4.74 Å². The zero-order valence-corrected chi connectivity index (χ0v) is 11.2. The maximum Gasteiger partial charge on any atom is 0.0717 e. The van der Waals surface area contributed by atoms with E-state index in [-0.39, 0.29) is 0 Å². The number of ether oxygens (including phenoxy) is 1. The second-order valence-corrected chi connectivity index (χ2v) is 4.73. The molecule has 0 fully saturated rings.